The first-order chi connectivity index (χ1) is 3.91. The predicted octanol–water partition coefficient (Wildman–Crippen LogP) is 0.468. The molecule has 0 saturated heterocycles. The summed E-state index contributed by atoms with van der Waals surface area (Å²) in [6.45, 7) is 4.36. The second-order valence-electron chi connectivity index (χ2n) is 1.41. The molecule has 0 N–H and O–H groups in total. The van der Waals surface area contributed by atoms with E-state index in [1.54, 1.807) is 0 Å². The Kier molecular flexibility index (Phi) is 7.76. The molecule has 0 aliphatic heterocycles. The minimum atomic E-state index is -5.17. The van der Waals surface area contributed by atoms with Gasteiger partial charge < -0.3 is 9.11 Å². The predicted molar refractivity (Wildman–Crippen MR) is 31.1 cm³/mol. The Balaban J connectivity index is 0. The van der Waals surface area contributed by atoms with Gasteiger partial charge in [0.15, 0.2) is 0 Å². The third-order valence-corrected chi connectivity index (χ3v) is 0.500. The molecule has 0 aromatic heterocycles. The molecule has 0 aliphatic rings. The molecule has 0 rings (SSSR count). The number of hydrogen-bond acceptors (Lipinski definition) is 4. The van der Waals surface area contributed by atoms with Crippen molar-refractivity contribution in [2.24, 2.45) is 0 Å². The fourth-order valence-electron chi connectivity index (χ4n) is 0. The van der Waals surface area contributed by atoms with Crippen molar-refractivity contribution >= 4 is 10.4 Å². The zero-order valence-electron chi connectivity index (χ0n) is 5.46. The van der Waals surface area contributed by atoms with E-state index < -0.39 is 10.4 Å². The summed E-state index contributed by atoms with van der Waals surface area (Å²) in [6, 6.07) is 0. The summed E-state index contributed by atoms with van der Waals surface area (Å²) in [5.41, 5.74) is 0. The Hall–Kier alpha value is -0.130. The zero-order valence-corrected chi connectivity index (χ0v) is 6.27. The van der Waals surface area contributed by atoms with Crippen LogP contribution in [0.15, 0.2) is 0 Å². The van der Waals surface area contributed by atoms with E-state index in [0.717, 1.165) is 0 Å². The molecule has 0 aromatic carbocycles. The lowest BCUT2D eigenvalue weighted by atomic mass is 10.4. The van der Waals surface area contributed by atoms with Crippen LogP contribution in [0, 0.1) is 0 Å². The van der Waals surface area contributed by atoms with Crippen LogP contribution in [0.2, 0.25) is 0 Å². The van der Waals surface area contributed by atoms with Gasteiger partial charge in [-0.15, -0.1) is 0 Å². The molecule has 9 heavy (non-hydrogen) atoms. The van der Waals surface area contributed by atoms with Crippen molar-refractivity contribution in [2.75, 3.05) is 0 Å². The van der Waals surface area contributed by atoms with Gasteiger partial charge in [-0.3, -0.25) is 8.42 Å². The molecule has 0 aliphatic carbocycles. The molecular formula is C4H10O4S-2. The summed E-state index contributed by atoms with van der Waals surface area (Å²) >= 11 is 0. The SMILES string of the molecule is CCCC.O=S(=O)([O-])[O-]. The maximum atomic E-state index is 8.52. The molecule has 4 nitrogen and oxygen atoms in total. The Labute approximate surface area is 55.5 Å². The summed E-state index contributed by atoms with van der Waals surface area (Å²) in [5, 5.41) is 0. The highest BCUT2D eigenvalue weighted by Gasteiger charge is 1.56. The van der Waals surface area contributed by atoms with Gasteiger partial charge in [-0.25, -0.2) is 0 Å². The van der Waals surface area contributed by atoms with Crippen LogP contribution in [-0.4, -0.2) is 17.5 Å². The molecule has 0 aromatic rings. The van der Waals surface area contributed by atoms with Gasteiger partial charge in [0.25, 0.3) is 0 Å². The Morgan fingerprint density at radius 3 is 1.22 bits per heavy atom. The molecule has 0 heterocycles. The highest BCUT2D eigenvalue weighted by atomic mass is 32.3. The summed E-state index contributed by atoms with van der Waals surface area (Å²) < 4.78 is 34.1. The van der Waals surface area contributed by atoms with Gasteiger partial charge in [0, 0.05) is 10.4 Å². The lowest BCUT2D eigenvalue weighted by Crippen LogP contribution is -1.91. The van der Waals surface area contributed by atoms with Crippen molar-refractivity contribution in [3.8, 4) is 0 Å². The van der Waals surface area contributed by atoms with E-state index >= 15 is 0 Å². The third-order valence-electron chi connectivity index (χ3n) is 0.500. The summed E-state index contributed by atoms with van der Waals surface area (Å²) in [4.78, 5) is 0. The van der Waals surface area contributed by atoms with Gasteiger partial charge in [0.1, 0.15) is 0 Å². The van der Waals surface area contributed by atoms with Crippen LogP contribution in [-0.2, 0) is 10.4 Å². The van der Waals surface area contributed by atoms with Crippen molar-refractivity contribution in [1.29, 1.82) is 0 Å². The fraction of sp³-hybridized carbons (Fsp3) is 1.00. The first kappa shape index (κ1) is 11.6. The van der Waals surface area contributed by atoms with Crippen LogP contribution in [0.25, 0.3) is 0 Å². The molecule has 5 heteroatoms. The molecule has 0 fully saturated rings. The van der Waals surface area contributed by atoms with E-state index in [4.69, 9.17) is 17.5 Å². The Morgan fingerprint density at radius 2 is 1.22 bits per heavy atom. The van der Waals surface area contributed by atoms with E-state index in [1.807, 2.05) is 0 Å². The molecule has 0 spiro atoms. The molecule has 0 amide bonds. The average molecular weight is 154 g/mol. The van der Waals surface area contributed by atoms with Gasteiger partial charge in [-0.05, 0) is 0 Å². The second kappa shape index (κ2) is 6.00. The Bertz CT molecular complexity index is 116. The summed E-state index contributed by atoms with van der Waals surface area (Å²) in [6.07, 6.45) is 2.64. The highest BCUT2D eigenvalue weighted by molar-refractivity contribution is 7.79. The highest BCUT2D eigenvalue weighted by Crippen LogP contribution is 1.76. The van der Waals surface area contributed by atoms with Crippen molar-refractivity contribution in [3.63, 3.8) is 0 Å². The minimum absolute atomic E-state index is 1.32. The van der Waals surface area contributed by atoms with Gasteiger partial charge in [-0.1, -0.05) is 26.7 Å². The topological polar surface area (TPSA) is 80.3 Å². The molecule has 0 unspecified atom stereocenters. The molecule has 58 valence electrons. The van der Waals surface area contributed by atoms with Crippen molar-refractivity contribution < 1.29 is 17.5 Å². The molecule has 0 atom stereocenters. The normalized spacial score (nSPS) is 9.78. The van der Waals surface area contributed by atoms with Crippen LogP contribution in [0.4, 0.5) is 0 Å². The molecule has 0 bridgehead atoms. The Morgan fingerprint density at radius 1 is 1.11 bits per heavy atom. The lowest BCUT2D eigenvalue weighted by molar-refractivity contribution is 0.352. The van der Waals surface area contributed by atoms with Gasteiger partial charge >= 0.3 is 0 Å². The van der Waals surface area contributed by atoms with Crippen molar-refractivity contribution in [2.45, 2.75) is 26.7 Å². The van der Waals surface area contributed by atoms with E-state index in [0.29, 0.717) is 0 Å². The van der Waals surface area contributed by atoms with Crippen LogP contribution in [0.5, 0.6) is 0 Å². The van der Waals surface area contributed by atoms with Crippen LogP contribution < -0.4 is 0 Å². The summed E-state index contributed by atoms with van der Waals surface area (Å²) in [5.74, 6) is 0. The molecule has 0 saturated carbocycles. The quantitative estimate of drug-likeness (QED) is 0.406. The van der Waals surface area contributed by atoms with Gasteiger partial charge in [-0.2, -0.15) is 0 Å². The molecule has 0 radical (unpaired) electrons. The third kappa shape index (κ3) is 358. The maximum Gasteiger partial charge on any atom is 0.0311 e. The van der Waals surface area contributed by atoms with E-state index in [-0.39, 0.29) is 0 Å². The second-order valence-corrected chi connectivity index (χ2v) is 2.22. The smallest absolute Gasteiger partial charge is 0.0311 e. The number of hydrogen-bond donors (Lipinski definition) is 0. The largest absolute Gasteiger partial charge is 0.759 e. The van der Waals surface area contributed by atoms with E-state index in [9.17, 15) is 0 Å². The standard InChI is InChI=1S/C4H10.H2O4S/c1-3-4-2;1-5(2,3)4/h3-4H2,1-2H3;(H2,1,2,3,4)/p-2. The summed E-state index contributed by atoms with van der Waals surface area (Å²) in [7, 11) is -5.17. The monoisotopic (exact) mass is 154 g/mol. The number of rotatable bonds is 1. The van der Waals surface area contributed by atoms with Crippen LogP contribution in [0.3, 0.4) is 0 Å². The minimum Gasteiger partial charge on any atom is -0.759 e. The first-order valence-electron chi connectivity index (χ1n) is 2.58. The lowest BCUT2D eigenvalue weighted by Gasteiger charge is -2.06. The van der Waals surface area contributed by atoms with Crippen molar-refractivity contribution in [3.05, 3.63) is 0 Å². The maximum absolute atomic E-state index is 8.52. The average Bonchev–Trinajstić information content (AvgIpc) is 1.61. The van der Waals surface area contributed by atoms with Crippen LogP contribution >= 0.6 is 0 Å². The van der Waals surface area contributed by atoms with Gasteiger partial charge in [0.2, 0.25) is 0 Å². The zero-order chi connectivity index (χ0) is 7.91. The van der Waals surface area contributed by atoms with Gasteiger partial charge in [0.05, 0.1) is 0 Å². The fourth-order valence-corrected chi connectivity index (χ4v) is 0. The van der Waals surface area contributed by atoms with E-state index in [2.05, 4.69) is 13.8 Å². The molecular weight excluding hydrogens is 144 g/mol. The van der Waals surface area contributed by atoms with E-state index in [1.165, 1.54) is 12.8 Å². The van der Waals surface area contributed by atoms with Crippen molar-refractivity contribution in [1.82, 2.24) is 0 Å². The number of unbranched alkanes of at least 4 members (excludes halogenated alkanes) is 1. The first-order valence-corrected chi connectivity index (χ1v) is 3.91. The van der Waals surface area contributed by atoms with Crippen LogP contribution in [0.1, 0.15) is 26.7 Å².